The van der Waals surface area contributed by atoms with E-state index in [-0.39, 0.29) is 11.1 Å². The molecule has 0 amide bonds. The molecule has 0 aromatic heterocycles. The van der Waals surface area contributed by atoms with Gasteiger partial charge in [-0.05, 0) is 37.0 Å². The Morgan fingerprint density at radius 2 is 2.25 bits per heavy atom. The van der Waals surface area contributed by atoms with E-state index in [2.05, 4.69) is 0 Å². The Bertz CT molecular complexity index is 333. The van der Waals surface area contributed by atoms with Crippen LogP contribution in [-0.4, -0.2) is 19.8 Å². The first kappa shape index (κ1) is 13.4. The van der Waals surface area contributed by atoms with Crippen LogP contribution in [0, 0.1) is 5.82 Å². The van der Waals surface area contributed by atoms with Crippen LogP contribution in [0.4, 0.5) is 4.39 Å². The van der Waals surface area contributed by atoms with E-state index in [9.17, 15) is 4.39 Å². The van der Waals surface area contributed by atoms with E-state index in [1.165, 1.54) is 6.07 Å². The maximum atomic E-state index is 12.9. The maximum absolute atomic E-state index is 12.9. The first-order chi connectivity index (χ1) is 7.63. The van der Waals surface area contributed by atoms with Crippen molar-refractivity contribution in [1.29, 1.82) is 0 Å². The summed E-state index contributed by atoms with van der Waals surface area (Å²) in [6.45, 7) is 0.720. The fourth-order valence-corrected chi connectivity index (χ4v) is 1.76. The minimum absolute atomic E-state index is 0.0664. The molecule has 2 nitrogen and oxygen atoms in total. The molecule has 1 atom stereocenters. The molecule has 4 heteroatoms. The van der Waals surface area contributed by atoms with Crippen molar-refractivity contribution in [3.63, 3.8) is 0 Å². The summed E-state index contributed by atoms with van der Waals surface area (Å²) in [4.78, 5) is 0. The lowest BCUT2D eigenvalue weighted by Gasteiger charge is -2.11. The number of hydrogen-bond donors (Lipinski definition) is 1. The molecule has 0 radical (unpaired) electrons. The van der Waals surface area contributed by atoms with Gasteiger partial charge in [0.05, 0.1) is 5.02 Å². The Balaban J connectivity index is 2.43. The summed E-state index contributed by atoms with van der Waals surface area (Å²) in [5.74, 6) is -0.390. The van der Waals surface area contributed by atoms with E-state index in [1.54, 1.807) is 19.2 Å². The van der Waals surface area contributed by atoms with E-state index >= 15 is 0 Å². The molecule has 1 unspecified atom stereocenters. The molecular weight excluding hydrogens is 229 g/mol. The lowest BCUT2D eigenvalue weighted by atomic mass is 10.0. The summed E-state index contributed by atoms with van der Waals surface area (Å²) in [7, 11) is 1.67. The monoisotopic (exact) mass is 245 g/mol. The number of rotatable bonds is 6. The SMILES string of the molecule is COCCCC(N)Cc1ccc(F)c(Cl)c1. The number of nitrogens with two attached hydrogens (primary N) is 1. The van der Waals surface area contributed by atoms with Gasteiger partial charge in [0.25, 0.3) is 0 Å². The van der Waals surface area contributed by atoms with E-state index in [4.69, 9.17) is 22.1 Å². The van der Waals surface area contributed by atoms with Crippen molar-refractivity contribution in [1.82, 2.24) is 0 Å². The first-order valence-electron chi connectivity index (χ1n) is 5.32. The molecule has 2 N–H and O–H groups in total. The van der Waals surface area contributed by atoms with Crippen molar-refractivity contribution in [3.8, 4) is 0 Å². The Morgan fingerprint density at radius 3 is 2.88 bits per heavy atom. The highest BCUT2D eigenvalue weighted by atomic mass is 35.5. The van der Waals surface area contributed by atoms with E-state index < -0.39 is 5.82 Å². The summed E-state index contributed by atoms with van der Waals surface area (Å²) < 4.78 is 17.9. The van der Waals surface area contributed by atoms with Crippen molar-refractivity contribution >= 4 is 11.6 Å². The van der Waals surface area contributed by atoms with Crippen LogP contribution in [0.5, 0.6) is 0 Å². The van der Waals surface area contributed by atoms with E-state index in [0.717, 1.165) is 25.0 Å². The second-order valence-electron chi connectivity index (χ2n) is 3.85. The van der Waals surface area contributed by atoms with Gasteiger partial charge >= 0.3 is 0 Å². The highest BCUT2D eigenvalue weighted by molar-refractivity contribution is 6.30. The van der Waals surface area contributed by atoms with Crippen molar-refractivity contribution in [2.75, 3.05) is 13.7 Å². The molecule has 0 aliphatic heterocycles. The molecule has 0 spiro atoms. The van der Waals surface area contributed by atoms with Gasteiger partial charge in [-0.3, -0.25) is 0 Å². The standard InChI is InChI=1S/C12H17ClFNO/c1-16-6-2-3-10(15)7-9-4-5-12(14)11(13)8-9/h4-5,8,10H,2-3,6-7,15H2,1H3. The fourth-order valence-electron chi connectivity index (χ4n) is 1.56. The van der Waals surface area contributed by atoms with E-state index in [1.807, 2.05) is 0 Å². The zero-order valence-electron chi connectivity index (χ0n) is 9.38. The third kappa shape index (κ3) is 4.47. The largest absolute Gasteiger partial charge is 0.385 e. The number of methoxy groups -OCH3 is 1. The average molecular weight is 246 g/mol. The highest BCUT2D eigenvalue weighted by Gasteiger charge is 2.06. The third-order valence-corrected chi connectivity index (χ3v) is 2.69. The summed E-state index contributed by atoms with van der Waals surface area (Å²) in [5.41, 5.74) is 6.91. The van der Waals surface area contributed by atoms with Crippen LogP contribution in [0.2, 0.25) is 5.02 Å². The first-order valence-corrected chi connectivity index (χ1v) is 5.69. The minimum atomic E-state index is -0.390. The number of ether oxygens (including phenoxy) is 1. The molecule has 0 aliphatic carbocycles. The maximum Gasteiger partial charge on any atom is 0.141 e. The molecule has 1 aromatic carbocycles. The van der Waals surface area contributed by atoms with E-state index in [0.29, 0.717) is 6.42 Å². The molecule has 1 rings (SSSR count). The number of hydrogen-bond acceptors (Lipinski definition) is 2. The smallest absolute Gasteiger partial charge is 0.141 e. The van der Waals surface area contributed by atoms with Gasteiger partial charge in [0, 0.05) is 19.8 Å². The van der Waals surface area contributed by atoms with Crippen LogP contribution in [0.3, 0.4) is 0 Å². The zero-order chi connectivity index (χ0) is 12.0. The Kier molecular flexibility index (Phi) is 5.74. The molecule has 0 fully saturated rings. The van der Waals surface area contributed by atoms with Gasteiger partial charge in [0.1, 0.15) is 5.82 Å². The van der Waals surface area contributed by atoms with Crippen LogP contribution >= 0.6 is 11.6 Å². The molecule has 0 bridgehead atoms. The molecule has 0 saturated carbocycles. The zero-order valence-corrected chi connectivity index (χ0v) is 10.1. The second kappa shape index (κ2) is 6.84. The molecular formula is C12H17ClFNO. The Morgan fingerprint density at radius 1 is 1.50 bits per heavy atom. The highest BCUT2D eigenvalue weighted by Crippen LogP contribution is 2.17. The average Bonchev–Trinajstić information content (AvgIpc) is 2.24. The Labute approximate surface area is 101 Å². The molecule has 90 valence electrons. The van der Waals surface area contributed by atoms with Gasteiger partial charge in [0.15, 0.2) is 0 Å². The predicted molar refractivity (Wildman–Crippen MR) is 64.2 cm³/mol. The van der Waals surface area contributed by atoms with Gasteiger partial charge < -0.3 is 10.5 Å². The van der Waals surface area contributed by atoms with Crippen molar-refractivity contribution in [3.05, 3.63) is 34.6 Å². The normalized spacial score (nSPS) is 12.8. The van der Waals surface area contributed by atoms with Crippen LogP contribution in [0.25, 0.3) is 0 Å². The van der Waals surface area contributed by atoms with Crippen LogP contribution in [0.15, 0.2) is 18.2 Å². The van der Waals surface area contributed by atoms with Crippen LogP contribution < -0.4 is 5.73 Å². The third-order valence-electron chi connectivity index (χ3n) is 2.41. The van der Waals surface area contributed by atoms with Gasteiger partial charge in [-0.2, -0.15) is 0 Å². The number of halogens is 2. The summed E-state index contributed by atoms with van der Waals surface area (Å²) in [6, 6.07) is 4.79. The van der Waals surface area contributed by atoms with Crippen molar-refractivity contribution in [2.45, 2.75) is 25.3 Å². The molecule has 16 heavy (non-hydrogen) atoms. The van der Waals surface area contributed by atoms with Gasteiger partial charge in [-0.15, -0.1) is 0 Å². The Hall–Kier alpha value is -0.640. The fraction of sp³-hybridized carbons (Fsp3) is 0.500. The quantitative estimate of drug-likeness (QED) is 0.783. The molecule has 0 heterocycles. The van der Waals surface area contributed by atoms with Crippen molar-refractivity contribution < 1.29 is 9.13 Å². The predicted octanol–water partition coefficient (Wildman–Crippen LogP) is 2.78. The second-order valence-corrected chi connectivity index (χ2v) is 4.25. The molecule has 0 saturated heterocycles. The summed E-state index contributed by atoms with van der Waals surface area (Å²) >= 11 is 5.69. The minimum Gasteiger partial charge on any atom is -0.385 e. The van der Waals surface area contributed by atoms with Gasteiger partial charge in [-0.1, -0.05) is 17.7 Å². The van der Waals surface area contributed by atoms with Crippen molar-refractivity contribution in [2.24, 2.45) is 5.73 Å². The molecule has 0 aliphatic rings. The van der Waals surface area contributed by atoms with Gasteiger partial charge in [-0.25, -0.2) is 4.39 Å². The molecule has 1 aromatic rings. The summed E-state index contributed by atoms with van der Waals surface area (Å²) in [5, 5.41) is 0.154. The van der Waals surface area contributed by atoms with Crippen LogP contribution in [-0.2, 0) is 11.2 Å². The van der Waals surface area contributed by atoms with Gasteiger partial charge in [0.2, 0.25) is 0 Å². The van der Waals surface area contributed by atoms with Crippen LogP contribution in [0.1, 0.15) is 18.4 Å². The lowest BCUT2D eigenvalue weighted by molar-refractivity contribution is 0.190. The number of benzene rings is 1. The lowest BCUT2D eigenvalue weighted by Crippen LogP contribution is -2.23. The topological polar surface area (TPSA) is 35.2 Å². The summed E-state index contributed by atoms with van der Waals surface area (Å²) in [6.07, 6.45) is 2.54.